The lowest BCUT2D eigenvalue weighted by atomic mass is 10.2. The van der Waals surface area contributed by atoms with Gasteiger partial charge in [0.2, 0.25) is 17.5 Å². The number of rotatable bonds is 6. The summed E-state index contributed by atoms with van der Waals surface area (Å²) in [5, 5.41) is 17.1. The van der Waals surface area contributed by atoms with E-state index in [2.05, 4.69) is 26.4 Å². The zero-order valence-corrected chi connectivity index (χ0v) is 19.6. The van der Waals surface area contributed by atoms with E-state index in [0.29, 0.717) is 37.8 Å². The lowest BCUT2D eigenvalue weighted by molar-refractivity contribution is -0.117. The van der Waals surface area contributed by atoms with E-state index in [-0.39, 0.29) is 24.0 Å². The summed E-state index contributed by atoms with van der Waals surface area (Å²) in [6, 6.07) is 15.4. The Kier molecular flexibility index (Phi) is 6.08. The zero-order chi connectivity index (χ0) is 24.4. The van der Waals surface area contributed by atoms with Crippen molar-refractivity contribution in [1.82, 2.24) is 19.7 Å². The van der Waals surface area contributed by atoms with Crippen LogP contribution in [0.25, 0.3) is 17.3 Å². The highest BCUT2D eigenvalue weighted by Gasteiger charge is 2.26. The van der Waals surface area contributed by atoms with Crippen LogP contribution in [0.1, 0.15) is 17.1 Å². The van der Waals surface area contributed by atoms with Gasteiger partial charge >= 0.3 is 0 Å². The molecular weight excluding hydrogens is 446 g/mol. The quantitative estimate of drug-likeness (QED) is 0.455. The number of aryl methyl sites for hydroxylation is 1. The van der Waals surface area contributed by atoms with Crippen LogP contribution in [0.4, 0.5) is 11.6 Å². The van der Waals surface area contributed by atoms with E-state index in [0.717, 1.165) is 22.8 Å². The normalized spacial score (nSPS) is 14.1. The molecule has 1 aliphatic rings. The van der Waals surface area contributed by atoms with Crippen LogP contribution in [0.5, 0.6) is 0 Å². The molecule has 1 amide bonds. The SMILES string of the molecule is Cc1nn(-c2ccccc2)c(C)c1NC(=O)CN1CCN(c2oc(-c3ccco3)nc2C#N)CC1. The molecule has 1 aromatic carbocycles. The monoisotopic (exact) mass is 471 g/mol. The molecule has 10 nitrogen and oxygen atoms in total. The molecule has 0 radical (unpaired) electrons. The topological polar surface area (TPSA) is 116 Å². The van der Waals surface area contributed by atoms with Crippen molar-refractivity contribution in [2.24, 2.45) is 0 Å². The van der Waals surface area contributed by atoms with E-state index in [1.807, 2.05) is 53.8 Å². The van der Waals surface area contributed by atoms with Crippen molar-refractivity contribution in [3.8, 4) is 23.4 Å². The van der Waals surface area contributed by atoms with Gasteiger partial charge < -0.3 is 19.1 Å². The second-order valence-electron chi connectivity index (χ2n) is 8.37. The summed E-state index contributed by atoms with van der Waals surface area (Å²) >= 11 is 0. The average Bonchev–Trinajstić information content (AvgIpc) is 3.61. The van der Waals surface area contributed by atoms with E-state index < -0.39 is 0 Å². The van der Waals surface area contributed by atoms with E-state index >= 15 is 0 Å². The number of benzene rings is 1. The smallest absolute Gasteiger partial charge is 0.266 e. The third-order valence-corrected chi connectivity index (χ3v) is 6.03. The third kappa shape index (κ3) is 4.54. The van der Waals surface area contributed by atoms with Gasteiger partial charge in [0.25, 0.3) is 5.89 Å². The molecule has 1 N–H and O–H groups in total. The number of nitriles is 1. The van der Waals surface area contributed by atoms with E-state index in [9.17, 15) is 10.1 Å². The number of carbonyl (C=O) groups excluding carboxylic acids is 1. The molecule has 35 heavy (non-hydrogen) atoms. The summed E-state index contributed by atoms with van der Waals surface area (Å²) < 4.78 is 13.0. The summed E-state index contributed by atoms with van der Waals surface area (Å²) in [5.74, 6) is 1.10. The van der Waals surface area contributed by atoms with Crippen LogP contribution in [0, 0.1) is 25.2 Å². The molecule has 3 aromatic heterocycles. The Hall–Kier alpha value is -4.36. The van der Waals surface area contributed by atoms with Crippen molar-refractivity contribution in [2.45, 2.75) is 13.8 Å². The Bertz CT molecular complexity index is 1360. The maximum Gasteiger partial charge on any atom is 0.266 e. The number of hydrogen-bond donors (Lipinski definition) is 1. The van der Waals surface area contributed by atoms with Crippen molar-refractivity contribution in [3.63, 3.8) is 0 Å². The van der Waals surface area contributed by atoms with E-state index in [4.69, 9.17) is 8.83 Å². The van der Waals surface area contributed by atoms with Gasteiger partial charge in [-0.05, 0) is 38.1 Å². The summed E-state index contributed by atoms with van der Waals surface area (Å²) in [6.07, 6.45) is 1.53. The second kappa shape index (κ2) is 9.48. The number of aromatic nitrogens is 3. The van der Waals surface area contributed by atoms with Gasteiger partial charge in [0.15, 0.2) is 5.76 Å². The predicted molar refractivity (Wildman–Crippen MR) is 129 cm³/mol. The number of oxazole rings is 1. The van der Waals surface area contributed by atoms with Gasteiger partial charge in [-0.3, -0.25) is 9.69 Å². The van der Waals surface area contributed by atoms with Crippen LogP contribution >= 0.6 is 0 Å². The van der Waals surface area contributed by atoms with Gasteiger partial charge in [-0.25, -0.2) is 4.68 Å². The first-order valence-corrected chi connectivity index (χ1v) is 11.4. The van der Waals surface area contributed by atoms with Crippen molar-refractivity contribution < 1.29 is 13.6 Å². The molecule has 0 unspecified atom stereocenters. The number of amides is 1. The molecule has 0 bridgehead atoms. The minimum absolute atomic E-state index is 0.0882. The summed E-state index contributed by atoms with van der Waals surface area (Å²) in [7, 11) is 0. The van der Waals surface area contributed by atoms with E-state index in [1.165, 1.54) is 6.26 Å². The Morgan fingerprint density at radius 2 is 1.89 bits per heavy atom. The molecule has 4 aromatic rings. The first-order valence-electron chi connectivity index (χ1n) is 11.4. The Balaban J connectivity index is 1.20. The number of nitrogens with zero attached hydrogens (tertiary/aromatic N) is 6. The number of nitrogens with one attached hydrogen (secondary N) is 1. The fourth-order valence-electron chi connectivity index (χ4n) is 4.24. The van der Waals surface area contributed by atoms with Gasteiger partial charge in [0.05, 0.1) is 35.6 Å². The largest absolute Gasteiger partial charge is 0.459 e. The van der Waals surface area contributed by atoms with E-state index in [1.54, 1.807) is 12.1 Å². The third-order valence-electron chi connectivity index (χ3n) is 6.03. The molecule has 1 saturated heterocycles. The van der Waals surface area contributed by atoms with Gasteiger partial charge in [0, 0.05) is 26.2 Å². The highest BCUT2D eigenvalue weighted by molar-refractivity contribution is 5.93. The summed E-state index contributed by atoms with van der Waals surface area (Å²) in [6.45, 7) is 6.62. The lowest BCUT2D eigenvalue weighted by Crippen LogP contribution is -2.48. The summed E-state index contributed by atoms with van der Waals surface area (Å²) in [4.78, 5) is 21.1. The molecule has 178 valence electrons. The number of para-hydroxylation sites is 1. The number of hydrogen-bond acceptors (Lipinski definition) is 8. The molecular formula is C25H25N7O3. The number of anilines is 2. The molecule has 5 rings (SSSR count). The molecule has 0 saturated carbocycles. The van der Waals surface area contributed by atoms with Crippen molar-refractivity contribution in [1.29, 1.82) is 5.26 Å². The highest BCUT2D eigenvalue weighted by Crippen LogP contribution is 2.29. The first kappa shape index (κ1) is 22.4. The zero-order valence-electron chi connectivity index (χ0n) is 19.6. The van der Waals surface area contributed by atoms with Crippen LogP contribution in [0.15, 0.2) is 57.6 Å². The lowest BCUT2D eigenvalue weighted by Gasteiger charge is -2.34. The molecule has 0 atom stereocenters. The Morgan fingerprint density at radius 3 is 2.57 bits per heavy atom. The van der Waals surface area contributed by atoms with Crippen LogP contribution in [-0.4, -0.2) is 58.3 Å². The summed E-state index contributed by atoms with van der Waals surface area (Å²) in [5.41, 5.74) is 3.57. The molecule has 10 heteroatoms. The van der Waals surface area contributed by atoms with Gasteiger partial charge in [0.1, 0.15) is 6.07 Å². The first-order chi connectivity index (χ1) is 17.0. The fourth-order valence-corrected chi connectivity index (χ4v) is 4.24. The molecule has 0 aliphatic carbocycles. The average molecular weight is 472 g/mol. The van der Waals surface area contributed by atoms with Gasteiger partial charge in [-0.15, -0.1) is 0 Å². The van der Waals surface area contributed by atoms with Crippen LogP contribution in [0.2, 0.25) is 0 Å². The van der Waals surface area contributed by atoms with Crippen molar-refractivity contribution in [2.75, 3.05) is 42.9 Å². The number of piperazine rings is 1. The van der Waals surface area contributed by atoms with Crippen LogP contribution < -0.4 is 10.2 Å². The van der Waals surface area contributed by atoms with Crippen LogP contribution in [0.3, 0.4) is 0 Å². The second-order valence-corrected chi connectivity index (χ2v) is 8.37. The number of carbonyl (C=O) groups is 1. The van der Waals surface area contributed by atoms with Gasteiger partial charge in [-0.1, -0.05) is 18.2 Å². The van der Waals surface area contributed by atoms with Crippen LogP contribution in [-0.2, 0) is 4.79 Å². The number of furan rings is 1. The molecule has 1 aliphatic heterocycles. The highest BCUT2D eigenvalue weighted by atomic mass is 16.4. The standard InChI is InChI=1S/C25H25N7O3/c1-17-23(18(2)32(29-17)19-7-4-3-5-8-19)28-22(33)16-30-10-12-31(13-11-30)25-20(15-26)27-24(35-25)21-9-6-14-34-21/h3-9,14H,10-13,16H2,1-2H3,(H,28,33). The van der Waals surface area contributed by atoms with Gasteiger partial charge in [-0.2, -0.15) is 15.3 Å². The predicted octanol–water partition coefficient (Wildman–Crippen LogP) is 3.37. The molecule has 1 fully saturated rings. The van der Waals surface area contributed by atoms with Crippen molar-refractivity contribution >= 4 is 17.5 Å². The maximum atomic E-state index is 12.8. The fraction of sp³-hybridized carbons (Fsp3) is 0.280. The minimum atomic E-state index is -0.0882. The minimum Gasteiger partial charge on any atom is -0.459 e. The molecule has 0 spiro atoms. The Labute approximate surface area is 202 Å². The van der Waals surface area contributed by atoms with Crippen molar-refractivity contribution in [3.05, 3.63) is 65.8 Å². The molecule has 4 heterocycles. The Morgan fingerprint density at radius 1 is 1.11 bits per heavy atom. The maximum absolute atomic E-state index is 12.8.